The topological polar surface area (TPSA) is 69.4 Å². The Balaban J connectivity index is 1.39. The monoisotopic (exact) mass is 379 g/mol. The van der Waals surface area contributed by atoms with E-state index in [0.29, 0.717) is 6.04 Å². The van der Waals surface area contributed by atoms with E-state index in [0.717, 1.165) is 44.6 Å². The highest BCUT2D eigenvalue weighted by atomic mass is 15.2. The molecule has 5 aromatic rings. The van der Waals surface area contributed by atoms with Crippen LogP contribution in [0.3, 0.4) is 0 Å². The van der Waals surface area contributed by atoms with Gasteiger partial charge in [0.1, 0.15) is 5.65 Å². The molecule has 0 radical (unpaired) electrons. The Morgan fingerprint density at radius 3 is 2.62 bits per heavy atom. The van der Waals surface area contributed by atoms with Crippen molar-refractivity contribution in [2.24, 2.45) is 0 Å². The molecule has 1 fully saturated rings. The van der Waals surface area contributed by atoms with Crippen molar-refractivity contribution in [2.75, 3.05) is 5.32 Å². The Morgan fingerprint density at radius 1 is 0.897 bits per heavy atom. The predicted molar refractivity (Wildman–Crippen MR) is 118 cm³/mol. The molecule has 0 unspecified atom stereocenters. The molecule has 1 aliphatic rings. The Hall–Kier alpha value is -3.60. The van der Waals surface area contributed by atoms with E-state index in [1.165, 1.54) is 24.8 Å². The maximum Gasteiger partial charge on any atom is 0.155 e. The third-order valence-corrected chi connectivity index (χ3v) is 5.90. The number of nitrogens with one attached hydrogen (secondary N) is 3. The molecule has 0 spiro atoms. The zero-order valence-electron chi connectivity index (χ0n) is 15.9. The molecule has 5 nitrogen and oxygen atoms in total. The summed E-state index contributed by atoms with van der Waals surface area (Å²) in [4.78, 5) is 8.09. The fraction of sp³-hybridized carbons (Fsp3) is 0.167. The average Bonchev–Trinajstić information content (AvgIpc) is 3.34. The van der Waals surface area contributed by atoms with E-state index in [1.807, 2.05) is 12.3 Å². The standard InChI is InChI=1S/C24H21N5/c1-2-5-15(6-3-1)22-13-17-11-18(14-25-23(17)27-22)16-9-10-21-20(12-16)24(29-28-21)26-19-7-4-8-19/h1-3,5-6,9-14,19H,4,7-8H2,(H,25,27)(H2,26,28,29). The lowest BCUT2D eigenvalue weighted by atomic mass is 9.93. The van der Waals surface area contributed by atoms with E-state index in [2.05, 4.69) is 80.1 Å². The van der Waals surface area contributed by atoms with Crippen molar-refractivity contribution in [2.45, 2.75) is 25.3 Å². The molecule has 6 rings (SSSR count). The van der Waals surface area contributed by atoms with Crippen LogP contribution in [0.15, 0.2) is 66.9 Å². The van der Waals surface area contributed by atoms with Crippen LogP contribution in [0.5, 0.6) is 0 Å². The third kappa shape index (κ3) is 2.86. The largest absolute Gasteiger partial charge is 0.365 e. The summed E-state index contributed by atoms with van der Waals surface area (Å²) in [6, 6.07) is 21.7. The molecule has 29 heavy (non-hydrogen) atoms. The van der Waals surface area contributed by atoms with Crippen LogP contribution in [-0.2, 0) is 0 Å². The predicted octanol–water partition coefficient (Wildman–Crippen LogP) is 5.74. The van der Waals surface area contributed by atoms with Crippen LogP contribution in [0, 0.1) is 0 Å². The van der Waals surface area contributed by atoms with Gasteiger partial charge in [0.25, 0.3) is 0 Å². The summed E-state index contributed by atoms with van der Waals surface area (Å²) in [5.74, 6) is 0.952. The number of hydrogen-bond acceptors (Lipinski definition) is 3. The molecule has 2 aromatic carbocycles. The SMILES string of the molecule is c1ccc(-c2cc3cc(-c4ccc5[nH]nc(NC6CCC6)c5c4)cnc3[nH]2)cc1. The summed E-state index contributed by atoms with van der Waals surface area (Å²) in [5, 5.41) is 13.4. The van der Waals surface area contributed by atoms with Crippen LogP contribution in [0.4, 0.5) is 5.82 Å². The number of hydrogen-bond donors (Lipinski definition) is 3. The van der Waals surface area contributed by atoms with E-state index in [4.69, 9.17) is 0 Å². The molecule has 3 N–H and O–H groups in total. The maximum absolute atomic E-state index is 4.67. The number of aromatic nitrogens is 4. The number of aromatic amines is 2. The van der Waals surface area contributed by atoms with Gasteiger partial charge in [0.15, 0.2) is 5.82 Å². The number of anilines is 1. The molecule has 5 heteroatoms. The molecule has 0 atom stereocenters. The van der Waals surface area contributed by atoms with Crippen LogP contribution in [-0.4, -0.2) is 26.2 Å². The highest BCUT2D eigenvalue weighted by Crippen LogP contribution is 2.32. The molecule has 0 bridgehead atoms. The lowest BCUT2D eigenvalue weighted by Gasteiger charge is -2.26. The molecular formula is C24H21N5. The molecule has 0 aliphatic heterocycles. The van der Waals surface area contributed by atoms with Crippen LogP contribution >= 0.6 is 0 Å². The average molecular weight is 379 g/mol. The first-order chi connectivity index (χ1) is 14.3. The lowest BCUT2D eigenvalue weighted by Crippen LogP contribution is -2.27. The first-order valence-electron chi connectivity index (χ1n) is 10.1. The van der Waals surface area contributed by atoms with Crippen LogP contribution in [0.25, 0.3) is 44.3 Å². The van der Waals surface area contributed by atoms with Gasteiger partial charge in [-0.05, 0) is 54.7 Å². The quantitative estimate of drug-likeness (QED) is 0.373. The summed E-state index contributed by atoms with van der Waals surface area (Å²) in [6.45, 7) is 0. The fourth-order valence-electron chi connectivity index (χ4n) is 4.00. The highest BCUT2D eigenvalue weighted by molar-refractivity contribution is 5.94. The van der Waals surface area contributed by atoms with Crippen LogP contribution < -0.4 is 5.32 Å². The van der Waals surface area contributed by atoms with E-state index in [1.54, 1.807) is 0 Å². The van der Waals surface area contributed by atoms with Gasteiger partial charge in [-0.15, -0.1) is 0 Å². The van der Waals surface area contributed by atoms with Gasteiger partial charge >= 0.3 is 0 Å². The van der Waals surface area contributed by atoms with Gasteiger partial charge < -0.3 is 10.3 Å². The van der Waals surface area contributed by atoms with Crippen LogP contribution in [0.2, 0.25) is 0 Å². The number of pyridine rings is 1. The van der Waals surface area contributed by atoms with Gasteiger partial charge in [-0.1, -0.05) is 36.4 Å². The molecule has 3 heterocycles. The van der Waals surface area contributed by atoms with Gasteiger partial charge in [0.2, 0.25) is 0 Å². The fourth-order valence-corrected chi connectivity index (χ4v) is 4.00. The van der Waals surface area contributed by atoms with Crippen molar-refractivity contribution in [3.8, 4) is 22.4 Å². The van der Waals surface area contributed by atoms with E-state index < -0.39 is 0 Å². The summed E-state index contributed by atoms with van der Waals surface area (Å²) >= 11 is 0. The second kappa shape index (κ2) is 6.48. The third-order valence-electron chi connectivity index (χ3n) is 5.90. The normalized spacial score (nSPS) is 14.3. The first-order valence-corrected chi connectivity index (χ1v) is 10.1. The maximum atomic E-state index is 4.67. The second-order valence-electron chi connectivity index (χ2n) is 7.82. The Bertz CT molecular complexity index is 1310. The lowest BCUT2D eigenvalue weighted by molar-refractivity contribution is 0.444. The number of H-pyrrole nitrogens is 2. The van der Waals surface area contributed by atoms with Crippen molar-refractivity contribution in [1.29, 1.82) is 0 Å². The molecule has 1 saturated carbocycles. The Morgan fingerprint density at radius 2 is 1.79 bits per heavy atom. The second-order valence-corrected chi connectivity index (χ2v) is 7.82. The minimum atomic E-state index is 0.555. The zero-order valence-corrected chi connectivity index (χ0v) is 15.9. The van der Waals surface area contributed by atoms with Gasteiger partial charge in [-0.3, -0.25) is 5.10 Å². The van der Waals surface area contributed by atoms with Gasteiger partial charge in [0.05, 0.1) is 5.52 Å². The zero-order chi connectivity index (χ0) is 19.2. The van der Waals surface area contributed by atoms with Gasteiger partial charge in [0, 0.05) is 34.3 Å². The summed E-state index contributed by atoms with van der Waals surface area (Å²) < 4.78 is 0. The number of rotatable bonds is 4. The Kier molecular flexibility index (Phi) is 3.66. The van der Waals surface area contributed by atoms with Crippen molar-refractivity contribution < 1.29 is 0 Å². The molecule has 0 saturated heterocycles. The van der Waals surface area contributed by atoms with Crippen molar-refractivity contribution in [3.05, 3.63) is 66.9 Å². The molecule has 3 aromatic heterocycles. The summed E-state index contributed by atoms with van der Waals surface area (Å²) in [6.07, 6.45) is 5.70. The minimum absolute atomic E-state index is 0.555. The smallest absolute Gasteiger partial charge is 0.155 e. The minimum Gasteiger partial charge on any atom is -0.365 e. The van der Waals surface area contributed by atoms with Crippen molar-refractivity contribution in [1.82, 2.24) is 20.2 Å². The summed E-state index contributed by atoms with van der Waals surface area (Å²) in [5.41, 5.74) is 6.46. The van der Waals surface area contributed by atoms with Crippen LogP contribution in [0.1, 0.15) is 19.3 Å². The molecular weight excluding hydrogens is 358 g/mol. The van der Waals surface area contributed by atoms with Gasteiger partial charge in [-0.25, -0.2) is 4.98 Å². The number of benzene rings is 2. The van der Waals surface area contributed by atoms with Crippen molar-refractivity contribution >= 4 is 27.8 Å². The van der Waals surface area contributed by atoms with Gasteiger partial charge in [-0.2, -0.15) is 5.10 Å². The van der Waals surface area contributed by atoms with Crippen molar-refractivity contribution in [3.63, 3.8) is 0 Å². The van der Waals surface area contributed by atoms with E-state index in [-0.39, 0.29) is 0 Å². The molecule has 0 amide bonds. The number of fused-ring (bicyclic) bond motifs is 2. The first kappa shape index (κ1) is 16.4. The van der Waals surface area contributed by atoms with E-state index >= 15 is 0 Å². The van der Waals surface area contributed by atoms with E-state index in [9.17, 15) is 0 Å². The number of nitrogens with zero attached hydrogens (tertiary/aromatic N) is 2. The summed E-state index contributed by atoms with van der Waals surface area (Å²) in [7, 11) is 0. The Labute approximate surface area is 168 Å². The highest BCUT2D eigenvalue weighted by Gasteiger charge is 2.19. The molecule has 1 aliphatic carbocycles. The molecule has 142 valence electrons.